The Morgan fingerprint density at radius 3 is 2.05 bits per heavy atom. The van der Waals surface area contributed by atoms with Crippen molar-refractivity contribution in [2.75, 3.05) is 0 Å². The zero-order chi connectivity index (χ0) is 13.5. The zero-order valence-electron chi connectivity index (χ0n) is 10.8. The topological polar surface area (TPSA) is 23.8 Å². The molecular weight excluding hydrogens is 242 g/mol. The van der Waals surface area contributed by atoms with Crippen LogP contribution in [0.25, 0.3) is 32.3 Å². The van der Waals surface area contributed by atoms with Crippen LogP contribution in [0.1, 0.15) is 5.56 Å². The monoisotopic (exact) mass is 253 g/mol. The van der Waals surface area contributed by atoms with Crippen molar-refractivity contribution in [2.45, 2.75) is 0 Å². The Bertz CT molecular complexity index is 1010. The second kappa shape index (κ2) is 4.08. The van der Waals surface area contributed by atoms with Crippen LogP contribution in [-0.2, 0) is 0 Å². The molecule has 0 aromatic heterocycles. The van der Waals surface area contributed by atoms with Crippen LogP contribution >= 0.6 is 0 Å². The maximum atomic E-state index is 9.42. The quantitative estimate of drug-likeness (QED) is 0.404. The van der Waals surface area contributed by atoms with E-state index in [9.17, 15) is 5.26 Å². The number of nitrogens with zero attached hydrogens (tertiary/aromatic N) is 1. The lowest BCUT2D eigenvalue weighted by Crippen LogP contribution is -1.84. The molecule has 0 heterocycles. The van der Waals surface area contributed by atoms with Crippen LogP contribution in [0.15, 0.2) is 66.7 Å². The highest BCUT2D eigenvalue weighted by atomic mass is 14.2. The van der Waals surface area contributed by atoms with Gasteiger partial charge in [-0.25, -0.2) is 0 Å². The van der Waals surface area contributed by atoms with E-state index in [2.05, 4.69) is 36.4 Å². The molecule has 0 amide bonds. The molecule has 0 bridgehead atoms. The van der Waals surface area contributed by atoms with E-state index in [0.29, 0.717) is 0 Å². The molecule has 0 fully saturated rings. The Hall–Kier alpha value is -2.85. The summed E-state index contributed by atoms with van der Waals surface area (Å²) in [6.07, 6.45) is 0. The summed E-state index contributed by atoms with van der Waals surface area (Å²) in [5.74, 6) is 0. The second-order valence-electron chi connectivity index (χ2n) is 4.96. The van der Waals surface area contributed by atoms with Crippen molar-refractivity contribution in [2.24, 2.45) is 0 Å². The molecule has 0 spiro atoms. The van der Waals surface area contributed by atoms with Crippen LogP contribution in [0, 0.1) is 11.3 Å². The van der Waals surface area contributed by atoms with Gasteiger partial charge in [0.15, 0.2) is 0 Å². The second-order valence-corrected chi connectivity index (χ2v) is 4.96. The van der Waals surface area contributed by atoms with Gasteiger partial charge in [-0.3, -0.25) is 0 Å². The Kier molecular flexibility index (Phi) is 2.25. The first-order valence-electron chi connectivity index (χ1n) is 6.62. The summed E-state index contributed by atoms with van der Waals surface area (Å²) in [6, 6.07) is 25.1. The predicted molar refractivity (Wildman–Crippen MR) is 83.7 cm³/mol. The van der Waals surface area contributed by atoms with E-state index in [4.69, 9.17) is 0 Å². The van der Waals surface area contributed by atoms with E-state index < -0.39 is 0 Å². The number of fused-ring (bicyclic) bond motifs is 5. The third kappa shape index (κ3) is 1.42. The molecule has 0 radical (unpaired) electrons. The van der Waals surface area contributed by atoms with Crippen LogP contribution in [-0.4, -0.2) is 0 Å². The van der Waals surface area contributed by atoms with E-state index in [1.807, 2.05) is 36.4 Å². The van der Waals surface area contributed by atoms with Gasteiger partial charge in [0.25, 0.3) is 0 Å². The van der Waals surface area contributed by atoms with E-state index in [1.54, 1.807) is 0 Å². The van der Waals surface area contributed by atoms with Crippen LogP contribution in [0.3, 0.4) is 0 Å². The number of hydrogen-bond donors (Lipinski definition) is 0. The van der Waals surface area contributed by atoms with Crippen LogP contribution in [0.4, 0.5) is 0 Å². The van der Waals surface area contributed by atoms with Gasteiger partial charge in [0, 0.05) is 5.39 Å². The van der Waals surface area contributed by atoms with Gasteiger partial charge in [-0.05, 0) is 33.0 Å². The molecule has 4 aromatic rings. The van der Waals surface area contributed by atoms with Crippen molar-refractivity contribution in [1.82, 2.24) is 0 Å². The fourth-order valence-electron chi connectivity index (χ4n) is 2.95. The lowest BCUT2D eigenvalue weighted by molar-refractivity contribution is 1.51. The van der Waals surface area contributed by atoms with Crippen molar-refractivity contribution in [3.63, 3.8) is 0 Å². The molecule has 0 saturated carbocycles. The van der Waals surface area contributed by atoms with E-state index in [-0.39, 0.29) is 0 Å². The summed E-state index contributed by atoms with van der Waals surface area (Å²) in [6.45, 7) is 0. The number of benzene rings is 4. The maximum absolute atomic E-state index is 9.42. The van der Waals surface area contributed by atoms with Gasteiger partial charge in [-0.2, -0.15) is 5.26 Å². The molecule has 0 unspecified atom stereocenters. The van der Waals surface area contributed by atoms with E-state index in [0.717, 1.165) is 21.7 Å². The number of hydrogen-bond acceptors (Lipinski definition) is 1. The highest BCUT2D eigenvalue weighted by molar-refractivity contribution is 6.18. The third-order valence-corrected chi connectivity index (χ3v) is 3.89. The molecule has 20 heavy (non-hydrogen) atoms. The Morgan fingerprint density at radius 1 is 0.600 bits per heavy atom. The lowest BCUT2D eigenvalue weighted by Gasteiger charge is -2.09. The summed E-state index contributed by atoms with van der Waals surface area (Å²) in [4.78, 5) is 0. The summed E-state index contributed by atoms with van der Waals surface area (Å²) in [5.41, 5.74) is 0.740. The van der Waals surface area contributed by atoms with E-state index in [1.165, 1.54) is 16.2 Å². The minimum Gasteiger partial charge on any atom is -0.192 e. The molecule has 0 aliphatic rings. The smallest absolute Gasteiger partial charge is 0.0998 e. The van der Waals surface area contributed by atoms with Gasteiger partial charge < -0.3 is 0 Å². The molecule has 92 valence electrons. The molecule has 1 heteroatoms. The SMILES string of the molecule is N#Cc1cc2c3ccccc3ccc2c2ccccc12. The average molecular weight is 253 g/mol. The van der Waals surface area contributed by atoms with Crippen LogP contribution in [0.2, 0.25) is 0 Å². The number of nitriles is 1. The summed E-state index contributed by atoms with van der Waals surface area (Å²) < 4.78 is 0. The molecule has 4 aromatic carbocycles. The van der Waals surface area contributed by atoms with Gasteiger partial charge in [0.2, 0.25) is 0 Å². The lowest BCUT2D eigenvalue weighted by atomic mass is 9.94. The van der Waals surface area contributed by atoms with Gasteiger partial charge in [0.1, 0.15) is 0 Å². The van der Waals surface area contributed by atoms with Crippen molar-refractivity contribution in [3.05, 3.63) is 72.3 Å². The Balaban J connectivity index is 2.35. The maximum Gasteiger partial charge on any atom is 0.0998 e. The summed E-state index contributed by atoms with van der Waals surface area (Å²) in [7, 11) is 0. The fourth-order valence-corrected chi connectivity index (χ4v) is 2.95. The molecule has 0 saturated heterocycles. The molecule has 0 N–H and O–H groups in total. The molecular formula is C19H11N. The Morgan fingerprint density at radius 2 is 1.25 bits per heavy atom. The van der Waals surface area contributed by atoms with Crippen LogP contribution < -0.4 is 0 Å². The minimum absolute atomic E-state index is 0.740. The minimum atomic E-state index is 0.740. The molecule has 4 rings (SSSR count). The highest BCUT2D eigenvalue weighted by Gasteiger charge is 2.08. The first-order valence-corrected chi connectivity index (χ1v) is 6.62. The predicted octanol–water partition coefficient (Wildman–Crippen LogP) is 5.02. The summed E-state index contributed by atoms with van der Waals surface area (Å²) >= 11 is 0. The first-order chi connectivity index (χ1) is 9.88. The van der Waals surface area contributed by atoms with Crippen molar-refractivity contribution < 1.29 is 0 Å². The third-order valence-electron chi connectivity index (χ3n) is 3.89. The molecule has 0 aliphatic heterocycles. The normalized spacial score (nSPS) is 10.9. The standard InChI is InChI=1S/C19H11N/c20-12-14-11-19-15-6-2-1-5-13(15)9-10-18(19)17-8-4-3-7-16(14)17/h1-11H. The van der Waals surface area contributed by atoms with Crippen molar-refractivity contribution in [3.8, 4) is 6.07 Å². The van der Waals surface area contributed by atoms with Crippen molar-refractivity contribution >= 4 is 32.3 Å². The van der Waals surface area contributed by atoms with Gasteiger partial charge >= 0.3 is 0 Å². The van der Waals surface area contributed by atoms with Gasteiger partial charge in [-0.15, -0.1) is 0 Å². The number of rotatable bonds is 0. The van der Waals surface area contributed by atoms with Crippen LogP contribution in [0.5, 0.6) is 0 Å². The van der Waals surface area contributed by atoms with Crippen molar-refractivity contribution in [1.29, 1.82) is 5.26 Å². The largest absolute Gasteiger partial charge is 0.192 e. The van der Waals surface area contributed by atoms with E-state index >= 15 is 0 Å². The average Bonchev–Trinajstić information content (AvgIpc) is 2.53. The molecule has 0 atom stereocenters. The fraction of sp³-hybridized carbons (Fsp3) is 0. The zero-order valence-corrected chi connectivity index (χ0v) is 10.8. The summed E-state index contributed by atoms with van der Waals surface area (Å²) in [5, 5.41) is 16.4. The molecule has 0 aliphatic carbocycles. The Labute approximate surface area is 116 Å². The van der Waals surface area contributed by atoms with Gasteiger partial charge in [-0.1, -0.05) is 60.7 Å². The van der Waals surface area contributed by atoms with Gasteiger partial charge in [0.05, 0.1) is 11.6 Å². The first kappa shape index (κ1) is 11.0. The highest BCUT2D eigenvalue weighted by Crippen LogP contribution is 2.33. The molecule has 1 nitrogen and oxygen atoms in total.